The highest BCUT2D eigenvalue weighted by Crippen LogP contribution is 2.27. The van der Waals surface area contributed by atoms with Crippen molar-refractivity contribution in [1.29, 1.82) is 0 Å². The van der Waals surface area contributed by atoms with Crippen molar-refractivity contribution < 1.29 is 17.7 Å². The van der Waals surface area contributed by atoms with Crippen LogP contribution in [-0.2, 0) is 16.6 Å². The topological polar surface area (TPSA) is 94.3 Å². The van der Waals surface area contributed by atoms with Crippen LogP contribution >= 0.6 is 11.6 Å². The van der Waals surface area contributed by atoms with Gasteiger partial charge in [-0.15, -0.1) is 0 Å². The predicted octanol–water partition coefficient (Wildman–Crippen LogP) is 3.19. The van der Waals surface area contributed by atoms with Crippen LogP contribution in [0.3, 0.4) is 0 Å². The average Bonchev–Trinajstić information content (AvgIpc) is 3.09. The minimum Gasteiger partial charge on any atom is -0.495 e. The fourth-order valence-electron chi connectivity index (χ4n) is 2.35. The molecule has 1 aromatic heterocycles. The number of nitrogens with zero attached hydrogens (tertiary/aromatic N) is 2. The highest BCUT2D eigenvalue weighted by Gasteiger charge is 2.21. The smallest absolute Gasteiger partial charge is 0.244 e. The van der Waals surface area contributed by atoms with Crippen LogP contribution in [0.2, 0.25) is 5.02 Å². The molecule has 0 unspecified atom stereocenters. The molecule has 0 spiro atoms. The summed E-state index contributed by atoms with van der Waals surface area (Å²) in [4.78, 5) is 4.17. The van der Waals surface area contributed by atoms with Gasteiger partial charge in [-0.2, -0.15) is 4.98 Å². The number of nitrogens with one attached hydrogen (secondary N) is 1. The van der Waals surface area contributed by atoms with E-state index in [0.29, 0.717) is 5.82 Å². The summed E-state index contributed by atoms with van der Waals surface area (Å²) in [5, 5.41) is 4.18. The molecular weight excluding hydrogens is 378 g/mol. The van der Waals surface area contributed by atoms with Crippen LogP contribution in [0.1, 0.15) is 11.5 Å². The van der Waals surface area contributed by atoms with E-state index in [9.17, 15) is 8.42 Å². The SMILES string of the molecule is COc1ccc(Cl)cc1S(=O)(=O)NCc1nc(-c2ccccc2C)no1. The van der Waals surface area contributed by atoms with Gasteiger partial charge >= 0.3 is 0 Å². The minimum absolute atomic E-state index is 0.0638. The molecule has 0 amide bonds. The maximum atomic E-state index is 12.5. The highest BCUT2D eigenvalue weighted by atomic mass is 35.5. The zero-order chi connectivity index (χ0) is 18.7. The van der Waals surface area contributed by atoms with Crippen molar-refractivity contribution >= 4 is 21.6 Å². The maximum Gasteiger partial charge on any atom is 0.244 e. The van der Waals surface area contributed by atoms with E-state index in [0.717, 1.165) is 11.1 Å². The molecule has 0 saturated carbocycles. The van der Waals surface area contributed by atoms with Crippen LogP contribution < -0.4 is 9.46 Å². The normalized spacial score (nSPS) is 11.5. The lowest BCUT2D eigenvalue weighted by atomic mass is 10.1. The fourth-order valence-corrected chi connectivity index (χ4v) is 3.76. The molecule has 0 aliphatic rings. The molecule has 3 rings (SSSR count). The summed E-state index contributed by atoms with van der Waals surface area (Å²) in [7, 11) is -2.49. The van der Waals surface area contributed by atoms with Gasteiger partial charge in [0.1, 0.15) is 10.6 Å². The number of hydrogen-bond donors (Lipinski definition) is 1. The van der Waals surface area contributed by atoms with Crippen molar-refractivity contribution in [3.63, 3.8) is 0 Å². The molecule has 26 heavy (non-hydrogen) atoms. The van der Waals surface area contributed by atoms with E-state index in [-0.39, 0.29) is 28.1 Å². The lowest BCUT2D eigenvalue weighted by Crippen LogP contribution is -2.24. The molecule has 0 fully saturated rings. The third-order valence-corrected chi connectivity index (χ3v) is 5.34. The number of methoxy groups -OCH3 is 1. The predicted molar refractivity (Wildman–Crippen MR) is 96.5 cm³/mol. The van der Waals surface area contributed by atoms with E-state index in [2.05, 4.69) is 14.9 Å². The second-order valence-corrected chi connectivity index (χ2v) is 7.62. The molecule has 1 heterocycles. The van der Waals surface area contributed by atoms with Crippen LogP contribution in [0, 0.1) is 6.92 Å². The first-order valence-electron chi connectivity index (χ1n) is 7.62. The summed E-state index contributed by atoms with van der Waals surface area (Å²) in [5.41, 5.74) is 1.81. The Morgan fingerprint density at radius 3 is 2.73 bits per heavy atom. The molecule has 0 saturated heterocycles. The number of ether oxygens (including phenoxy) is 1. The lowest BCUT2D eigenvalue weighted by molar-refractivity contribution is 0.375. The quantitative estimate of drug-likeness (QED) is 0.691. The van der Waals surface area contributed by atoms with E-state index >= 15 is 0 Å². The maximum absolute atomic E-state index is 12.5. The van der Waals surface area contributed by atoms with Gasteiger partial charge in [0.15, 0.2) is 0 Å². The molecule has 0 radical (unpaired) electrons. The molecule has 0 aliphatic carbocycles. The van der Waals surface area contributed by atoms with Gasteiger partial charge in [0, 0.05) is 10.6 Å². The Morgan fingerprint density at radius 1 is 1.23 bits per heavy atom. The van der Waals surface area contributed by atoms with Crippen molar-refractivity contribution in [3.8, 4) is 17.1 Å². The number of hydrogen-bond acceptors (Lipinski definition) is 6. The zero-order valence-corrected chi connectivity index (χ0v) is 15.6. The Kier molecular flexibility index (Phi) is 5.26. The molecular formula is C17H16ClN3O4S. The van der Waals surface area contributed by atoms with Gasteiger partial charge in [0.05, 0.1) is 13.7 Å². The molecule has 136 valence electrons. The van der Waals surface area contributed by atoms with E-state index < -0.39 is 10.0 Å². The molecule has 0 bridgehead atoms. The van der Waals surface area contributed by atoms with E-state index in [1.54, 1.807) is 6.07 Å². The minimum atomic E-state index is -3.87. The second-order valence-electron chi connectivity index (χ2n) is 5.45. The molecule has 7 nitrogen and oxygen atoms in total. The fraction of sp³-hybridized carbons (Fsp3) is 0.176. The van der Waals surface area contributed by atoms with Gasteiger partial charge < -0.3 is 9.26 Å². The monoisotopic (exact) mass is 393 g/mol. The van der Waals surface area contributed by atoms with Crippen LogP contribution in [0.5, 0.6) is 5.75 Å². The molecule has 1 N–H and O–H groups in total. The third kappa shape index (κ3) is 3.87. The number of aryl methyl sites for hydroxylation is 1. The number of rotatable bonds is 6. The van der Waals surface area contributed by atoms with Crippen molar-refractivity contribution in [1.82, 2.24) is 14.9 Å². The Bertz CT molecular complexity index is 1030. The molecule has 9 heteroatoms. The standard InChI is InChI=1S/C17H16ClN3O4S/c1-11-5-3-4-6-13(11)17-20-16(25-21-17)10-19-26(22,23)15-9-12(18)7-8-14(15)24-2/h3-9,19H,10H2,1-2H3. The summed E-state index contributed by atoms with van der Waals surface area (Å²) >= 11 is 5.89. The van der Waals surface area contributed by atoms with Crippen LogP contribution in [0.15, 0.2) is 51.9 Å². The van der Waals surface area contributed by atoms with Crippen molar-refractivity contribution in [2.24, 2.45) is 0 Å². The van der Waals surface area contributed by atoms with Gasteiger partial charge in [-0.25, -0.2) is 13.1 Å². The van der Waals surface area contributed by atoms with Crippen molar-refractivity contribution in [3.05, 3.63) is 58.9 Å². The average molecular weight is 394 g/mol. The summed E-state index contributed by atoms with van der Waals surface area (Å²) in [6, 6.07) is 11.9. The van der Waals surface area contributed by atoms with Gasteiger partial charge in [0.2, 0.25) is 21.7 Å². The van der Waals surface area contributed by atoms with Gasteiger partial charge in [-0.1, -0.05) is 41.0 Å². The molecule has 0 atom stereocenters. The molecule has 3 aromatic rings. The number of aromatic nitrogens is 2. The van der Waals surface area contributed by atoms with E-state index in [4.69, 9.17) is 20.9 Å². The van der Waals surface area contributed by atoms with E-state index in [1.807, 2.05) is 31.2 Å². The van der Waals surface area contributed by atoms with E-state index in [1.165, 1.54) is 19.2 Å². The van der Waals surface area contributed by atoms with Gasteiger partial charge in [0.25, 0.3) is 0 Å². The first kappa shape index (κ1) is 18.4. The highest BCUT2D eigenvalue weighted by molar-refractivity contribution is 7.89. The largest absolute Gasteiger partial charge is 0.495 e. The first-order chi connectivity index (χ1) is 12.4. The number of benzene rings is 2. The Hall–Kier alpha value is -2.42. The Morgan fingerprint density at radius 2 is 2.00 bits per heavy atom. The molecule has 2 aromatic carbocycles. The first-order valence-corrected chi connectivity index (χ1v) is 9.48. The Balaban J connectivity index is 1.79. The van der Waals surface area contributed by atoms with Crippen LogP contribution in [0.25, 0.3) is 11.4 Å². The zero-order valence-electron chi connectivity index (χ0n) is 14.1. The second kappa shape index (κ2) is 7.45. The third-order valence-electron chi connectivity index (χ3n) is 3.68. The van der Waals surface area contributed by atoms with Crippen LogP contribution in [-0.4, -0.2) is 25.7 Å². The van der Waals surface area contributed by atoms with Crippen molar-refractivity contribution in [2.75, 3.05) is 7.11 Å². The molecule has 0 aliphatic heterocycles. The van der Waals surface area contributed by atoms with Gasteiger partial charge in [-0.05, 0) is 30.7 Å². The van der Waals surface area contributed by atoms with Crippen LogP contribution in [0.4, 0.5) is 0 Å². The van der Waals surface area contributed by atoms with Gasteiger partial charge in [-0.3, -0.25) is 0 Å². The lowest BCUT2D eigenvalue weighted by Gasteiger charge is -2.09. The Labute approximate surface area is 156 Å². The summed E-state index contributed by atoms with van der Waals surface area (Å²) in [5.74, 6) is 0.735. The number of halogens is 1. The summed E-state index contributed by atoms with van der Waals surface area (Å²) in [6.07, 6.45) is 0. The summed E-state index contributed by atoms with van der Waals surface area (Å²) < 4.78 is 37.7. The summed E-state index contributed by atoms with van der Waals surface area (Å²) in [6.45, 7) is 1.77. The van der Waals surface area contributed by atoms with Crippen molar-refractivity contribution in [2.45, 2.75) is 18.4 Å². The number of sulfonamides is 1.